The van der Waals surface area contributed by atoms with Crippen LogP contribution in [0.4, 0.5) is 14.6 Å². The summed E-state index contributed by atoms with van der Waals surface area (Å²) in [5.74, 6) is -0.485. The first-order chi connectivity index (χ1) is 14.3. The molecule has 1 amide bonds. The lowest BCUT2D eigenvalue weighted by Gasteiger charge is -2.13. The van der Waals surface area contributed by atoms with E-state index >= 15 is 0 Å². The Morgan fingerprint density at radius 2 is 2.07 bits per heavy atom. The number of aromatic nitrogens is 5. The summed E-state index contributed by atoms with van der Waals surface area (Å²) in [5.41, 5.74) is 1.06. The third-order valence-electron chi connectivity index (χ3n) is 5.35. The van der Waals surface area contributed by atoms with Gasteiger partial charge in [-0.15, -0.1) is 0 Å². The molecule has 0 fully saturated rings. The molecule has 0 radical (unpaired) electrons. The molecule has 0 saturated heterocycles. The number of anilines is 1. The number of nitrogens with one attached hydrogen (secondary N) is 2. The zero-order valence-corrected chi connectivity index (χ0v) is 16.2. The summed E-state index contributed by atoms with van der Waals surface area (Å²) in [6.45, 7) is 4.19. The van der Waals surface area contributed by atoms with E-state index in [0.29, 0.717) is 40.2 Å². The fourth-order valence-electron chi connectivity index (χ4n) is 3.57. The maximum atomic E-state index is 14.1. The highest BCUT2D eigenvalue weighted by molar-refractivity contribution is 6.04. The topological polar surface area (TPSA) is 97.6 Å². The van der Waals surface area contributed by atoms with E-state index in [2.05, 4.69) is 30.7 Å². The number of allylic oxidation sites excluding steroid dienone is 2. The van der Waals surface area contributed by atoms with Gasteiger partial charge in [-0.1, -0.05) is 6.08 Å². The molecule has 30 heavy (non-hydrogen) atoms. The zero-order chi connectivity index (χ0) is 21.0. The van der Waals surface area contributed by atoms with Gasteiger partial charge in [-0.05, 0) is 19.9 Å². The van der Waals surface area contributed by atoms with Gasteiger partial charge >= 0.3 is 0 Å². The Balaban J connectivity index is 1.63. The summed E-state index contributed by atoms with van der Waals surface area (Å²) in [6, 6.07) is 1.29. The molecule has 152 valence electrons. The Kier molecular flexibility index (Phi) is 3.92. The number of carbonyl (C=O) groups is 1. The molecule has 2 aliphatic rings. The van der Waals surface area contributed by atoms with Crippen molar-refractivity contribution in [3.63, 3.8) is 0 Å². The molecule has 0 atom stereocenters. The van der Waals surface area contributed by atoms with Gasteiger partial charge in [0.15, 0.2) is 11.5 Å². The van der Waals surface area contributed by atoms with Gasteiger partial charge in [-0.25, -0.2) is 28.4 Å². The van der Waals surface area contributed by atoms with Crippen molar-refractivity contribution < 1.29 is 13.6 Å². The third-order valence-corrected chi connectivity index (χ3v) is 5.35. The minimum atomic E-state index is -0.742. The van der Waals surface area contributed by atoms with Gasteiger partial charge in [-0.3, -0.25) is 4.79 Å². The molecular weight excluding hydrogens is 392 g/mol. The molecule has 0 spiro atoms. The van der Waals surface area contributed by atoms with Crippen LogP contribution in [-0.2, 0) is 16.8 Å². The van der Waals surface area contributed by atoms with Crippen LogP contribution in [0.2, 0.25) is 0 Å². The molecular formula is C20H17F2N7O. The second-order valence-electron chi connectivity index (χ2n) is 7.70. The van der Waals surface area contributed by atoms with Gasteiger partial charge in [0, 0.05) is 30.1 Å². The van der Waals surface area contributed by atoms with Crippen LogP contribution < -0.4 is 10.6 Å². The van der Waals surface area contributed by atoms with Crippen molar-refractivity contribution in [2.45, 2.75) is 25.8 Å². The van der Waals surface area contributed by atoms with Gasteiger partial charge in [0.1, 0.15) is 23.2 Å². The summed E-state index contributed by atoms with van der Waals surface area (Å²) in [5, 5.41) is 10.5. The Bertz CT molecular complexity index is 1280. The first kappa shape index (κ1) is 18.3. The van der Waals surface area contributed by atoms with Gasteiger partial charge in [-0.2, -0.15) is 5.10 Å². The predicted octanol–water partition coefficient (Wildman–Crippen LogP) is 2.60. The van der Waals surface area contributed by atoms with Crippen molar-refractivity contribution in [2.24, 2.45) is 0 Å². The van der Waals surface area contributed by atoms with E-state index < -0.39 is 17.1 Å². The Labute approximate surface area is 169 Å². The molecule has 2 N–H and O–H groups in total. The molecule has 5 rings (SSSR count). The highest BCUT2D eigenvalue weighted by atomic mass is 19.1. The lowest BCUT2D eigenvalue weighted by molar-refractivity contribution is -0.119. The number of amides is 1. The molecule has 0 unspecified atom stereocenters. The standard InChI is InChI=1S/C20H17F2N7O/c1-20(2)13-7-24-17(26-16(13)27-19(20)30)15-12-5-11(21)6-25-18(12)29(28-15)9-10-3-4-23-8-14(10)22/h3,5-8,23H,4,9H2,1-2H3,(H,24,26,27,30). The van der Waals surface area contributed by atoms with Crippen LogP contribution in [-0.4, -0.2) is 37.2 Å². The largest absolute Gasteiger partial charge is 0.385 e. The summed E-state index contributed by atoms with van der Waals surface area (Å²) < 4.78 is 29.6. The Morgan fingerprint density at radius 1 is 1.23 bits per heavy atom. The number of carbonyl (C=O) groups excluding carboxylic acids is 1. The summed E-state index contributed by atoms with van der Waals surface area (Å²) in [6.07, 6.45) is 5.67. The van der Waals surface area contributed by atoms with Crippen molar-refractivity contribution >= 4 is 22.8 Å². The number of fused-ring (bicyclic) bond motifs is 2. The third kappa shape index (κ3) is 2.75. The van der Waals surface area contributed by atoms with Crippen LogP contribution in [0.25, 0.3) is 22.6 Å². The van der Waals surface area contributed by atoms with Crippen LogP contribution in [0.1, 0.15) is 19.4 Å². The highest BCUT2D eigenvalue weighted by Gasteiger charge is 2.40. The molecule has 0 aliphatic carbocycles. The molecule has 0 saturated carbocycles. The first-order valence-electron chi connectivity index (χ1n) is 9.34. The molecule has 0 bridgehead atoms. The number of rotatable bonds is 3. The second kappa shape index (κ2) is 6.41. The van der Waals surface area contributed by atoms with E-state index in [9.17, 15) is 13.6 Å². The molecule has 8 nitrogen and oxygen atoms in total. The van der Waals surface area contributed by atoms with Crippen LogP contribution in [0.5, 0.6) is 0 Å². The summed E-state index contributed by atoms with van der Waals surface area (Å²) >= 11 is 0. The average Bonchev–Trinajstić information content (AvgIpc) is 3.17. The minimum absolute atomic E-state index is 0.119. The van der Waals surface area contributed by atoms with Crippen LogP contribution in [0.3, 0.4) is 0 Å². The fraction of sp³-hybridized carbons (Fsp3) is 0.250. The highest BCUT2D eigenvalue weighted by Crippen LogP contribution is 2.37. The minimum Gasteiger partial charge on any atom is -0.385 e. The van der Waals surface area contributed by atoms with Gasteiger partial charge in [0.2, 0.25) is 5.91 Å². The monoisotopic (exact) mass is 409 g/mol. The van der Waals surface area contributed by atoms with Crippen molar-refractivity contribution in [2.75, 3.05) is 11.9 Å². The van der Waals surface area contributed by atoms with Gasteiger partial charge < -0.3 is 10.6 Å². The van der Waals surface area contributed by atoms with Crippen molar-refractivity contribution in [3.8, 4) is 11.5 Å². The predicted molar refractivity (Wildman–Crippen MR) is 105 cm³/mol. The number of hydrogen-bond acceptors (Lipinski definition) is 6. The van der Waals surface area contributed by atoms with E-state index in [1.54, 1.807) is 26.1 Å². The molecule has 3 aromatic heterocycles. The molecule has 3 aromatic rings. The summed E-state index contributed by atoms with van der Waals surface area (Å²) in [7, 11) is 0. The Morgan fingerprint density at radius 3 is 2.87 bits per heavy atom. The van der Waals surface area contributed by atoms with Crippen LogP contribution in [0.15, 0.2) is 42.1 Å². The lowest BCUT2D eigenvalue weighted by Crippen LogP contribution is -2.26. The van der Waals surface area contributed by atoms with Crippen LogP contribution >= 0.6 is 0 Å². The number of nitrogens with zero attached hydrogens (tertiary/aromatic N) is 5. The average molecular weight is 409 g/mol. The Hall–Kier alpha value is -3.69. The van der Waals surface area contributed by atoms with E-state index in [0.717, 1.165) is 6.20 Å². The number of halogens is 2. The smallest absolute Gasteiger partial charge is 0.235 e. The van der Waals surface area contributed by atoms with Gasteiger partial charge in [0.05, 0.1) is 23.5 Å². The van der Waals surface area contributed by atoms with E-state index in [1.807, 2.05) is 0 Å². The fourth-order valence-corrected chi connectivity index (χ4v) is 3.57. The van der Waals surface area contributed by atoms with Crippen molar-refractivity contribution in [1.82, 2.24) is 30.0 Å². The van der Waals surface area contributed by atoms with E-state index in [1.165, 1.54) is 16.9 Å². The molecule has 2 aliphatic heterocycles. The number of pyridine rings is 1. The SMILES string of the molecule is CC1(C)C(=O)Nc2nc(-c3nn(CC4=CCNC=C4F)c4ncc(F)cc34)ncc21. The lowest BCUT2D eigenvalue weighted by atomic mass is 9.88. The van der Waals surface area contributed by atoms with Gasteiger partial charge in [0.25, 0.3) is 0 Å². The first-order valence-corrected chi connectivity index (χ1v) is 9.34. The quantitative estimate of drug-likeness (QED) is 0.690. The van der Waals surface area contributed by atoms with E-state index in [4.69, 9.17) is 0 Å². The number of dihydropyridines is 1. The normalized spacial score (nSPS) is 17.3. The molecule has 10 heteroatoms. The maximum Gasteiger partial charge on any atom is 0.235 e. The van der Waals surface area contributed by atoms with E-state index in [-0.39, 0.29) is 18.3 Å². The maximum absolute atomic E-state index is 14.1. The van der Waals surface area contributed by atoms with Crippen molar-refractivity contribution in [1.29, 1.82) is 0 Å². The van der Waals surface area contributed by atoms with Crippen molar-refractivity contribution in [3.05, 3.63) is 53.5 Å². The zero-order valence-electron chi connectivity index (χ0n) is 16.2. The molecule has 0 aromatic carbocycles. The second-order valence-corrected chi connectivity index (χ2v) is 7.70. The summed E-state index contributed by atoms with van der Waals surface area (Å²) in [4.78, 5) is 25.2. The molecule has 5 heterocycles. The number of hydrogen-bond donors (Lipinski definition) is 2. The van der Waals surface area contributed by atoms with Crippen LogP contribution in [0, 0.1) is 5.82 Å².